The predicted octanol–water partition coefficient (Wildman–Crippen LogP) is 1.48. The molecule has 1 saturated heterocycles. The summed E-state index contributed by atoms with van der Waals surface area (Å²) >= 11 is 0. The van der Waals surface area contributed by atoms with E-state index in [9.17, 15) is 4.79 Å². The van der Waals surface area contributed by atoms with Gasteiger partial charge in [0.1, 0.15) is 0 Å². The van der Waals surface area contributed by atoms with Crippen molar-refractivity contribution in [2.24, 2.45) is 0 Å². The van der Waals surface area contributed by atoms with E-state index >= 15 is 0 Å². The van der Waals surface area contributed by atoms with Crippen molar-refractivity contribution in [3.63, 3.8) is 0 Å². The number of anilines is 1. The van der Waals surface area contributed by atoms with Crippen molar-refractivity contribution >= 4 is 11.6 Å². The number of carbonyl (C=O) groups excluding carboxylic acids is 1. The Labute approximate surface area is 108 Å². The van der Waals surface area contributed by atoms with Gasteiger partial charge in [-0.05, 0) is 44.1 Å². The quantitative estimate of drug-likeness (QED) is 0.792. The summed E-state index contributed by atoms with van der Waals surface area (Å²) in [5.41, 5.74) is 6.91. The second-order valence-corrected chi connectivity index (χ2v) is 4.78. The van der Waals surface area contributed by atoms with E-state index in [4.69, 9.17) is 5.73 Å². The number of hydrogen-bond acceptors (Lipinski definition) is 3. The van der Waals surface area contributed by atoms with Crippen molar-refractivity contribution in [3.8, 4) is 0 Å². The Kier molecular flexibility index (Phi) is 4.59. The summed E-state index contributed by atoms with van der Waals surface area (Å²) < 4.78 is 0. The van der Waals surface area contributed by atoms with Crippen LogP contribution in [0.25, 0.3) is 0 Å². The molecule has 0 aromatic heterocycles. The van der Waals surface area contributed by atoms with Crippen LogP contribution >= 0.6 is 0 Å². The Morgan fingerprint density at radius 3 is 2.78 bits per heavy atom. The highest BCUT2D eigenvalue weighted by Gasteiger charge is 2.10. The highest BCUT2D eigenvalue weighted by atomic mass is 16.1. The molecule has 1 aromatic carbocycles. The molecule has 2 rings (SSSR count). The van der Waals surface area contributed by atoms with Gasteiger partial charge < -0.3 is 16.0 Å². The van der Waals surface area contributed by atoms with E-state index in [1.54, 1.807) is 24.3 Å². The minimum Gasteiger partial charge on any atom is -0.399 e. The SMILES string of the molecule is Nc1cccc(C(=O)NCCN2CCCCC2)c1. The fraction of sp³-hybridized carbons (Fsp3) is 0.500. The number of nitrogen functional groups attached to an aromatic ring is 1. The van der Waals surface area contributed by atoms with Gasteiger partial charge in [0.15, 0.2) is 0 Å². The van der Waals surface area contributed by atoms with Crippen LogP contribution in [-0.2, 0) is 0 Å². The number of nitrogens with two attached hydrogens (primary N) is 1. The van der Waals surface area contributed by atoms with Gasteiger partial charge in [0, 0.05) is 24.3 Å². The summed E-state index contributed by atoms with van der Waals surface area (Å²) in [6, 6.07) is 7.07. The molecule has 4 heteroatoms. The number of benzene rings is 1. The van der Waals surface area contributed by atoms with Crippen LogP contribution < -0.4 is 11.1 Å². The summed E-state index contributed by atoms with van der Waals surface area (Å²) in [7, 11) is 0. The molecule has 1 fully saturated rings. The molecule has 0 aliphatic carbocycles. The molecule has 18 heavy (non-hydrogen) atoms. The minimum atomic E-state index is -0.0423. The van der Waals surface area contributed by atoms with Crippen LogP contribution in [0.15, 0.2) is 24.3 Å². The summed E-state index contributed by atoms with van der Waals surface area (Å²) in [6.45, 7) is 3.96. The van der Waals surface area contributed by atoms with Crippen molar-refractivity contribution < 1.29 is 4.79 Å². The van der Waals surface area contributed by atoms with Crippen LogP contribution in [-0.4, -0.2) is 37.0 Å². The molecule has 1 aliphatic rings. The number of nitrogens with one attached hydrogen (secondary N) is 1. The van der Waals surface area contributed by atoms with Crippen molar-refractivity contribution in [3.05, 3.63) is 29.8 Å². The molecular formula is C14H21N3O. The first kappa shape index (κ1) is 12.9. The number of carbonyl (C=O) groups is 1. The maximum atomic E-state index is 11.9. The van der Waals surface area contributed by atoms with Crippen molar-refractivity contribution in [2.75, 3.05) is 31.9 Å². The number of rotatable bonds is 4. The number of nitrogens with zero attached hydrogens (tertiary/aromatic N) is 1. The molecule has 1 amide bonds. The Morgan fingerprint density at radius 1 is 1.28 bits per heavy atom. The molecule has 0 unspecified atom stereocenters. The van der Waals surface area contributed by atoms with E-state index < -0.39 is 0 Å². The van der Waals surface area contributed by atoms with Gasteiger partial charge in [-0.25, -0.2) is 0 Å². The first-order chi connectivity index (χ1) is 8.75. The Morgan fingerprint density at radius 2 is 2.06 bits per heavy atom. The van der Waals surface area contributed by atoms with Gasteiger partial charge in [0.25, 0.3) is 5.91 Å². The lowest BCUT2D eigenvalue weighted by atomic mass is 10.1. The average Bonchev–Trinajstić information content (AvgIpc) is 2.40. The van der Waals surface area contributed by atoms with Crippen LogP contribution in [0.5, 0.6) is 0 Å². The molecule has 0 spiro atoms. The standard InChI is InChI=1S/C14H21N3O/c15-13-6-4-5-12(11-13)14(18)16-7-10-17-8-2-1-3-9-17/h4-6,11H,1-3,7-10,15H2,(H,16,18). The van der Waals surface area contributed by atoms with Crippen molar-refractivity contribution in [2.45, 2.75) is 19.3 Å². The van der Waals surface area contributed by atoms with E-state index in [0.29, 0.717) is 17.8 Å². The molecule has 0 bridgehead atoms. The Bertz CT molecular complexity index is 400. The third-order valence-electron chi connectivity index (χ3n) is 3.31. The normalized spacial score (nSPS) is 16.4. The van der Waals surface area contributed by atoms with E-state index in [0.717, 1.165) is 19.6 Å². The zero-order valence-corrected chi connectivity index (χ0v) is 10.7. The maximum Gasteiger partial charge on any atom is 0.251 e. The summed E-state index contributed by atoms with van der Waals surface area (Å²) in [6.07, 6.45) is 3.90. The zero-order valence-electron chi connectivity index (χ0n) is 10.7. The lowest BCUT2D eigenvalue weighted by Crippen LogP contribution is -2.37. The van der Waals surface area contributed by atoms with Crippen LogP contribution in [0.1, 0.15) is 29.6 Å². The number of piperidine rings is 1. The summed E-state index contributed by atoms with van der Waals surface area (Å²) in [5.74, 6) is -0.0423. The van der Waals surface area contributed by atoms with Gasteiger partial charge in [0.05, 0.1) is 0 Å². The van der Waals surface area contributed by atoms with Gasteiger partial charge >= 0.3 is 0 Å². The second-order valence-electron chi connectivity index (χ2n) is 4.78. The molecule has 0 saturated carbocycles. The molecule has 0 atom stereocenters. The molecule has 98 valence electrons. The summed E-state index contributed by atoms with van der Waals surface area (Å²) in [5, 5.41) is 2.94. The first-order valence-corrected chi connectivity index (χ1v) is 6.62. The van der Waals surface area contributed by atoms with Crippen LogP contribution in [0.3, 0.4) is 0 Å². The highest BCUT2D eigenvalue weighted by molar-refractivity contribution is 5.94. The lowest BCUT2D eigenvalue weighted by molar-refractivity contribution is 0.0946. The average molecular weight is 247 g/mol. The lowest BCUT2D eigenvalue weighted by Gasteiger charge is -2.26. The van der Waals surface area contributed by atoms with Crippen molar-refractivity contribution in [1.29, 1.82) is 0 Å². The van der Waals surface area contributed by atoms with Crippen LogP contribution in [0.4, 0.5) is 5.69 Å². The Hall–Kier alpha value is -1.55. The molecule has 0 radical (unpaired) electrons. The smallest absolute Gasteiger partial charge is 0.251 e. The van der Waals surface area contributed by atoms with Crippen molar-refractivity contribution in [1.82, 2.24) is 10.2 Å². The molecular weight excluding hydrogens is 226 g/mol. The monoisotopic (exact) mass is 247 g/mol. The van der Waals surface area contributed by atoms with Gasteiger partial charge in [-0.3, -0.25) is 4.79 Å². The second kappa shape index (κ2) is 6.40. The van der Waals surface area contributed by atoms with E-state index in [2.05, 4.69) is 10.2 Å². The number of hydrogen-bond donors (Lipinski definition) is 2. The molecule has 3 N–H and O–H groups in total. The maximum absolute atomic E-state index is 11.9. The predicted molar refractivity (Wildman–Crippen MR) is 73.5 cm³/mol. The third-order valence-corrected chi connectivity index (χ3v) is 3.31. The minimum absolute atomic E-state index is 0.0423. The first-order valence-electron chi connectivity index (χ1n) is 6.62. The van der Waals surface area contributed by atoms with Gasteiger partial charge in [-0.15, -0.1) is 0 Å². The van der Waals surface area contributed by atoms with Gasteiger partial charge in [0.2, 0.25) is 0 Å². The van der Waals surface area contributed by atoms with Gasteiger partial charge in [-0.1, -0.05) is 12.5 Å². The van der Waals surface area contributed by atoms with E-state index in [1.807, 2.05) is 0 Å². The topological polar surface area (TPSA) is 58.4 Å². The summed E-state index contributed by atoms with van der Waals surface area (Å²) in [4.78, 5) is 14.3. The van der Waals surface area contributed by atoms with E-state index in [1.165, 1.54) is 19.3 Å². The number of likely N-dealkylation sites (tertiary alicyclic amines) is 1. The largest absolute Gasteiger partial charge is 0.399 e. The third kappa shape index (κ3) is 3.74. The zero-order chi connectivity index (χ0) is 12.8. The van der Waals surface area contributed by atoms with Crippen LogP contribution in [0.2, 0.25) is 0 Å². The molecule has 1 heterocycles. The fourth-order valence-corrected chi connectivity index (χ4v) is 2.29. The number of amides is 1. The van der Waals surface area contributed by atoms with E-state index in [-0.39, 0.29) is 5.91 Å². The van der Waals surface area contributed by atoms with Crippen LogP contribution in [0, 0.1) is 0 Å². The molecule has 1 aliphatic heterocycles. The Balaban J connectivity index is 1.74. The fourth-order valence-electron chi connectivity index (χ4n) is 2.29. The van der Waals surface area contributed by atoms with Gasteiger partial charge in [-0.2, -0.15) is 0 Å². The molecule has 1 aromatic rings. The highest BCUT2D eigenvalue weighted by Crippen LogP contribution is 2.08. The molecule has 4 nitrogen and oxygen atoms in total.